The van der Waals surface area contributed by atoms with E-state index in [0.717, 1.165) is 0 Å². The molecule has 0 atom stereocenters. The molecule has 0 amide bonds. The maximum atomic E-state index is 2.53. The van der Waals surface area contributed by atoms with Gasteiger partial charge in [0.2, 0.25) is 0 Å². The Kier molecular flexibility index (Phi) is 19.2. The molecule has 0 aromatic carbocycles. The van der Waals surface area contributed by atoms with Gasteiger partial charge < -0.3 is 9.80 Å². The highest BCUT2D eigenvalue weighted by Crippen LogP contribution is 2.26. The first kappa shape index (κ1) is 23.0. The lowest BCUT2D eigenvalue weighted by Crippen LogP contribution is -3.02. The topological polar surface area (TPSA) is 7.68 Å². The Morgan fingerprint density at radius 3 is 1.28 bits per heavy atom. The number of hydrogen-bond acceptors (Lipinski definition) is 1. The Morgan fingerprint density at radius 1 is 0.833 bits per heavy atom. The molecule has 1 N–H and O–H groups in total. The summed E-state index contributed by atoms with van der Waals surface area (Å²) in [5.41, 5.74) is 0.468. The van der Waals surface area contributed by atoms with Gasteiger partial charge in [-0.25, -0.2) is 0 Å². The van der Waals surface area contributed by atoms with Crippen LogP contribution in [0.5, 0.6) is 0 Å². The second-order valence-corrected chi connectivity index (χ2v) is 5.21. The monoisotopic (exact) mass is 261 g/mol. The number of nitrogens with one attached hydrogen (secondary N) is 1. The fourth-order valence-electron chi connectivity index (χ4n) is 2.13. The van der Waals surface area contributed by atoms with Crippen LogP contribution >= 0.6 is 0 Å². The minimum atomic E-state index is 0.468. The zero-order valence-corrected chi connectivity index (χ0v) is 15.0. The van der Waals surface area contributed by atoms with E-state index in [2.05, 4.69) is 60.8 Å². The molecule has 0 saturated heterocycles. The van der Waals surface area contributed by atoms with E-state index in [4.69, 9.17) is 0 Å². The highest BCUT2D eigenvalue weighted by Gasteiger charge is 2.27. The third-order valence-electron chi connectivity index (χ3n) is 3.34. The van der Waals surface area contributed by atoms with E-state index in [9.17, 15) is 0 Å². The standard InChI is InChI=1S/C11H25N.C3H9N.C2H6/c1-6-10-12(5)11(7-2,8-3)9-4;1-4(2)3;1-2/h6-10H2,1-5H3;1-3H3;1-2H3/p+1. The molecule has 0 fully saturated rings. The average Bonchev–Trinajstić information content (AvgIpc) is 2.34. The first-order valence-electron chi connectivity index (χ1n) is 7.88. The van der Waals surface area contributed by atoms with Gasteiger partial charge in [0.15, 0.2) is 0 Å². The van der Waals surface area contributed by atoms with Crippen LogP contribution in [-0.4, -0.2) is 45.2 Å². The molecule has 2 heteroatoms. The van der Waals surface area contributed by atoms with Gasteiger partial charge in [-0.05, 0) is 39.3 Å². The summed E-state index contributed by atoms with van der Waals surface area (Å²) in [6.45, 7) is 14.4. The Morgan fingerprint density at radius 2 is 1.11 bits per heavy atom. The van der Waals surface area contributed by atoms with Crippen LogP contribution in [0.2, 0.25) is 0 Å². The van der Waals surface area contributed by atoms with Crippen LogP contribution in [0.1, 0.15) is 67.2 Å². The van der Waals surface area contributed by atoms with Gasteiger partial charge >= 0.3 is 0 Å². The summed E-state index contributed by atoms with van der Waals surface area (Å²) in [6, 6.07) is 0. The SMILES string of the molecule is CC.CCCN(C)C(CC)(CC)CC.C[NH+](C)C. The number of quaternary nitrogens is 1. The van der Waals surface area contributed by atoms with Crippen molar-refractivity contribution < 1.29 is 4.90 Å². The van der Waals surface area contributed by atoms with Crippen LogP contribution in [-0.2, 0) is 0 Å². The van der Waals surface area contributed by atoms with Crippen molar-refractivity contribution in [3.63, 3.8) is 0 Å². The Labute approximate surface area is 118 Å². The van der Waals surface area contributed by atoms with Gasteiger partial charge in [0.05, 0.1) is 21.1 Å². The molecule has 0 aliphatic carbocycles. The van der Waals surface area contributed by atoms with Crippen molar-refractivity contribution in [3.8, 4) is 0 Å². The molecule has 0 rings (SSSR count). The molecule has 18 heavy (non-hydrogen) atoms. The highest BCUT2D eigenvalue weighted by molar-refractivity contribution is 4.84. The molecule has 0 aromatic rings. The molecule has 0 heterocycles. The van der Waals surface area contributed by atoms with Crippen molar-refractivity contribution in [1.82, 2.24) is 4.90 Å². The van der Waals surface area contributed by atoms with E-state index < -0.39 is 0 Å². The van der Waals surface area contributed by atoms with Crippen LogP contribution < -0.4 is 4.90 Å². The molecule has 2 nitrogen and oxygen atoms in total. The van der Waals surface area contributed by atoms with E-state index >= 15 is 0 Å². The average molecular weight is 262 g/mol. The molecular formula is C16H41N2+. The molecule has 0 aromatic heterocycles. The molecule has 0 bridgehead atoms. The summed E-state index contributed by atoms with van der Waals surface area (Å²) in [7, 11) is 8.51. The quantitative estimate of drug-likeness (QED) is 0.772. The van der Waals surface area contributed by atoms with E-state index in [1.807, 2.05) is 13.8 Å². The van der Waals surface area contributed by atoms with Gasteiger partial charge in [-0.15, -0.1) is 0 Å². The van der Waals surface area contributed by atoms with Gasteiger partial charge in [0, 0.05) is 5.54 Å². The smallest absolute Gasteiger partial charge is 0.0661 e. The summed E-state index contributed by atoms with van der Waals surface area (Å²) >= 11 is 0. The Bertz CT molecular complexity index is 129. The maximum Gasteiger partial charge on any atom is 0.0661 e. The lowest BCUT2D eigenvalue weighted by molar-refractivity contribution is -0.836. The Hall–Kier alpha value is -0.0800. The van der Waals surface area contributed by atoms with Crippen LogP contribution in [0, 0.1) is 0 Å². The number of nitrogens with zero attached hydrogens (tertiary/aromatic N) is 1. The van der Waals surface area contributed by atoms with E-state index in [1.165, 1.54) is 37.1 Å². The summed E-state index contributed by atoms with van der Waals surface area (Å²) in [6.07, 6.45) is 5.09. The van der Waals surface area contributed by atoms with E-state index in [-0.39, 0.29) is 0 Å². The first-order valence-corrected chi connectivity index (χ1v) is 7.88. The highest BCUT2D eigenvalue weighted by atomic mass is 15.2. The predicted molar refractivity (Wildman–Crippen MR) is 86.6 cm³/mol. The van der Waals surface area contributed by atoms with Crippen LogP contribution in [0.25, 0.3) is 0 Å². The Balaban J connectivity index is -0.000000317. The largest absolute Gasteiger partial charge is 0.342 e. The van der Waals surface area contributed by atoms with Crippen molar-refractivity contribution >= 4 is 0 Å². The third-order valence-corrected chi connectivity index (χ3v) is 3.34. The fraction of sp³-hybridized carbons (Fsp3) is 1.00. The lowest BCUT2D eigenvalue weighted by Gasteiger charge is -2.40. The van der Waals surface area contributed by atoms with E-state index in [0.29, 0.717) is 5.54 Å². The zero-order valence-electron chi connectivity index (χ0n) is 15.0. The first-order chi connectivity index (χ1) is 8.40. The summed E-state index contributed by atoms with van der Waals surface area (Å²) in [4.78, 5) is 3.95. The van der Waals surface area contributed by atoms with Crippen molar-refractivity contribution in [1.29, 1.82) is 0 Å². The molecule has 0 saturated carbocycles. The zero-order chi connectivity index (χ0) is 15.2. The van der Waals surface area contributed by atoms with Gasteiger partial charge in [-0.3, -0.25) is 0 Å². The van der Waals surface area contributed by atoms with Crippen LogP contribution in [0.4, 0.5) is 0 Å². The summed E-state index contributed by atoms with van der Waals surface area (Å²) in [5, 5.41) is 0. The second-order valence-electron chi connectivity index (χ2n) is 5.21. The van der Waals surface area contributed by atoms with Gasteiger partial charge in [-0.1, -0.05) is 41.5 Å². The molecule has 114 valence electrons. The van der Waals surface area contributed by atoms with Crippen molar-refractivity contribution in [3.05, 3.63) is 0 Å². The minimum Gasteiger partial charge on any atom is -0.342 e. The van der Waals surface area contributed by atoms with Crippen LogP contribution in [0.15, 0.2) is 0 Å². The minimum absolute atomic E-state index is 0.468. The predicted octanol–water partition coefficient (Wildman–Crippen LogP) is 3.08. The van der Waals surface area contributed by atoms with Gasteiger partial charge in [0.25, 0.3) is 0 Å². The van der Waals surface area contributed by atoms with Crippen molar-refractivity contribution in [2.45, 2.75) is 72.8 Å². The fourth-order valence-corrected chi connectivity index (χ4v) is 2.13. The summed E-state index contributed by atoms with van der Waals surface area (Å²) < 4.78 is 0. The van der Waals surface area contributed by atoms with Crippen LogP contribution in [0.3, 0.4) is 0 Å². The molecule has 0 unspecified atom stereocenters. The molecule has 0 radical (unpaired) electrons. The third kappa shape index (κ3) is 11.0. The van der Waals surface area contributed by atoms with Gasteiger partial charge in [-0.2, -0.15) is 0 Å². The molecular weight excluding hydrogens is 220 g/mol. The van der Waals surface area contributed by atoms with E-state index in [1.54, 1.807) is 0 Å². The number of rotatable bonds is 6. The van der Waals surface area contributed by atoms with Gasteiger partial charge in [0.1, 0.15) is 0 Å². The second kappa shape index (κ2) is 15.0. The van der Waals surface area contributed by atoms with Crippen molar-refractivity contribution in [2.24, 2.45) is 0 Å². The normalized spacial score (nSPS) is 10.7. The maximum absolute atomic E-state index is 2.53. The lowest BCUT2D eigenvalue weighted by atomic mass is 9.88. The molecule has 0 aliphatic heterocycles. The molecule has 0 aliphatic rings. The number of hydrogen-bond donors (Lipinski definition) is 1. The summed E-state index contributed by atoms with van der Waals surface area (Å²) in [5.74, 6) is 0. The molecule has 0 spiro atoms. The van der Waals surface area contributed by atoms with Crippen molar-refractivity contribution in [2.75, 3.05) is 34.7 Å².